The second kappa shape index (κ2) is 3.32. The lowest BCUT2D eigenvalue weighted by atomic mass is 9.82. The van der Waals surface area contributed by atoms with E-state index in [9.17, 15) is 0 Å². The smallest absolute Gasteiger partial charge is 0.0240 e. The van der Waals surface area contributed by atoms with E-state index in [2.05, 4.69) is 17.4 Å². The molecule has 12 heavy (non-hydrogen) atoms. The number of rotatable bonds is 1. The van der Waals surface area contributed by atoms with Gasteiger partial charge in [0, 0.05) is 18.1 Å². The van der Waals surface area contributed by atoms with Gasteiger partial charge in [-0.3, -0.25) is 11.3 Å². The molecule has 70 valence electrons. The van der Waals surface area contributed by atoms with Gasteiger partial charge >= 0.3 is 0 Å². The highest BCUT2D eigenvalue weighted by atomic mass is 15.3. The standard InChI is InChI=1S/C9H19N3/c1-12-8-3-2-4-9(12)6-7(5-8)11-10/h7-9,11H,2-6,10H2,1H3. The lowest BCUT2D eigenvalue weighted by Gasteiger charge is -2.46. The Morgan fingerprint density at radius 3 is 2.33 bits per heavy atom. The molecule has 2 fully saturated rings. The Labute approximate surface area is 74.3 Å². The molecule has 0 spiro atoms. The molecule has 3 N–H and O–H groups in total. The van der Waals surface area contributed by atoms with Crippen LogP contribution in [0.5, 0.6) is 0 Å². The van der Waals surface area contributed by atoms with Crippen LogP contribution < -0.4 is 11.3 Å². The highest BCUT2D eigenvalue weighted by molar-refractivity contribution is 4.92. The van der Waals surface area contributed by atoms with Crippen LogP contribution in [0.3, 0.4) is 0 Å². The first kappa shape index (κ1) is 8.48. The second-order valence-electron chi connectivity index (χ2n) is 4.24. The first-order chi connectivity index (χ1) is 5.81. The fraction of sp³-hybridized carbons (Fsp3) is 1.00. The van der Waals surface area contributed by atoms with Crippen LogP contribution >= 0.6 is 0 Å². The largest absolute Gasteiger partial charge is 0.300 e. The number of nitrogens with zero attached hydrogens (tertiary/aromatic N) is 1. The van der Waals surface area contributed by atoms with Gasteiger partial charge in [0.15, 0.2) is 0 Å². The predicted molar refractivity (Wildman–Crippen MR) is 49.5 cm³/mol. The van der Waals surface area contributed by atoms with Crippen LogP contribution in [0.25, 0.3) is 0 Å². The summed E-state index contributed by atoms with van der Waals surface area (Å²) in [6.45, 7) is 0. The molecular formula is C9H19N3. The van der Waals surface area contributed by atoms with Crippen LogP contribution in [0.4, 0.5) is 0 Å². The van der Waals surface area contributed by atoms with Crippen LogP contribution in [-0.2, 0) is 0 Å². The number of fused-ring (bicyclic) bond motifs is 2. The molecule has 2 saturated heterocycles. The number of hydrogen-bond acceptors (Lipinski definition) is 3. The van der Waals surface area contributed by atoms with Gasteiger partial charge < -0.3 is 4.90 Å². The Balaban J connectivity index is 2.02. The van der Waals surface area contributed by atoms with E-state index in [1.807, 2.05) is 0 Å². The summed E-state index contributed by atoms with van der Waals surface area (Å²) in [4.78, 5) is 2.55. The van der Waals surface area contributed by atoms with E-state index in [0.717, 1.165) is 12.1 Å². The highest BCUT2D eigenvalue weighted by Gasteiger charge is 2.35. The van der Waals surface area contributed by atoms with Gasteiger partial charge in [-0.05, 0) is 32.7 Å². The molecule has 2 atom stereocenters. The maximum atomic E-state index is 5.48. The number of hydrogen-bond donors (Lipinski definition) is 2. The zero-order valence-corrected chi connectivity index (χ0v) is 7.79. The SMILES string of the molecule is CN1C2CCCC1CC(NN)C2. The topological polar surface area (TPSA) is 41.3 Å². The van der Waals surface area contributed by atoms with Gasteiger partial charge in [-0.1, -0.05) is 6.42 Å². The molecule has 2 unspecified atom stereocenters. The average molecular weight is 169 g/mol. The maximum absolute atomic E-state index is 5.48. The fourth-order valence-corrected chi connectivity index (χ4v) is 2.75. The van der Waals surface area contributed by atoms with E-state index in [1.165, 1.54) is 32.1 Å². The third-order valence-corrected chi connectivity index (χ3v) is 3.58. The number of piperidine rings is 2. The van der Waals surface area contributed by atoms with E-state index in [-0.39, 0.29) is 0 Å². The number of hydrazine groups is 1. The first-order valence-corrected chi connectivity index (χ1v) is 4.99. The summed E-state index contributed by atoms with van der Waals surface area (Å²) < 4.78 is 0. The minimum Gasteiger partial charge on any atom is -0.300 e. The van der Waals surface area contributed by atoms with Gasteiger partial charge in [-0.15, -0.1) is 0 Å². The van der Waals surface area contributed by atoms with Crippen molar-refractivity contribution in [2.24, 2.45) is 5.84 Å². The summed E-state index contributed by atoms with van der Waals surface area (Å²) in [6, 6.07) is 2.15. The molecule has 0 aromatic heterocycles. The van der Waals surface area contributed by atoms with Gasteiger partial charge in [0.1, 0.15) is 0 Å². The maximum Gasteiger partial charge on any atom is 0.0240 e. The third kappa shape index (κ3) is 1.37. The predicted octanol–water partition coefficient (Wildman–Crippen LogP) is 0.465. The molecular weight excluding hydrogens is 150 g/mol. The van der Waals surface area contributed by atoms with Gasteiger partial charge in [-0.2, -0.15) is 0 Å². The summed E-state index contributed by atoms with van der Waals surface area (Å²) >= 11 is 0. The number of nitrogens with two attached hydrogens (primary N) is 1. The summed E-state index contributed by atoms with van der Waals surface area (Å²) in [5.41, 5.74) is 2.93. The molecule has 2 aliphatic rings. The summed E-state index contributed by atoms with van der Waals surface area (Å²) in [5, 5.41) is 0. The molecule has 3 nitrogen and oxygen atoms in total. The summed E-state index contributed by atoms with van der Waals surface area (Å²) in [6.07, 6.45) is 6.63. The van der Waals surface area contributed by atoms with Crippen LogP contribution in [0.2, 0.25) is 0 Å². The molecule has 2 bridgehead atoms. The molecule has 0 aliphatic carbocycles. The summed E-state index contributed by atoms with van der Waals surface area (Å²) in [5.74, 6) is 5.48. The van der Waals surface area contributed by atoms with E-state index in [1.54, 1.807) is 0 Å². The Hall–Kier alpha value is -0.120. The molecule has 2 aliphatic heterocycles. The molecule has 0 aromatic rings. The molecule has 3 heteroatoms. The highest BCUT2D eigenvalue weighted by Crippen LogP contribution is 2.32. The van der Waals surface area contributed by atoms with Crippen LogP contribution in [-0.4, -0.2) is 30.1 Å². The second-order valence-corrected chi connectivity index (χ2v) is 4.24. The first-order valence-electron chi connectivity index (χ1n) is 4.99. The molecule has 0 radical (unpaired) electrons. The van der Waals surface area contributed by atoms with E-state index in [4.69, 9.17) is 5.84 Å². The zero-order chi connectivity index (χ0) is 8.55. The van der Waals surface area contributed by atoms with Gasteiger partial charge in [-0.25, -0.2) is 0 Å². The lowest BCUT2D eigenvalue weighted by molar-refractivity contribution is 0.0487. The third-order valence-electron chi connectivity index (χ3n) is 3.58. The van der Waals surface area contributed by atoms with E-state index >= 15 is 0 Å². The van der Waals surface area contributed by atoms with Crippen molar-refractivity contribution < 1.29 is 0 Å². The van der Waals surface area contributed by atoms with Gasteiger partial charge in [0.2, 0.25) is 0 Å². The quantitative estimate of drug-likeness (QED) is 0.443. The Morgan fingerprint density at radius 2 is 1.83 bits per heavy atom. The van der Waals surface area contributed by atoms with E-state index in [0.29, 0.717) is 6.04 Å². The Bertz CT molecular complexity index is 146. The monoisotopic (exact) mass is 169 g/mol. The summed E-state index contributed by atoms with van der Waals surface area (Å²) in [7, 11) is 2.27. The van der Waals surface area contributed by atoms with Crippen LogP contribution in [0.1, 0.15) is 32.1 Å². The molecule has 0 amide bonds. The molecule has 2 heterocycles. The lowest BCUT2D eigenvalue weighted by Crippen LogP contribution is -2.55. The minimum atomic E-state index is 0.566. The fourth-order valence-electron chi connectivity index (χ4n) is 2.75. The average Bonchev–Trinajstić information content (AvgIpc) is 2.04. The Kier molecular flexibility index (Phi) is 2.35. The van der Waals surface area contributed by atoms with Crippen molar-refractivity contribution in [1.82, 2.24) is 10.3 Å². The normalized spacial score (nSPS) is 43.0. The van der Waals surface area contributed by atoms with Gasteiger partial charge in [0.05, 0.1) is 0 Å². The van der Waals surface area contributed by atoms with Crippen molar-refractivity contribution in [2.45, 2.75) is 50.2 Å². The zero-order valence-electron chi connectivity index (χ0n) is 7.79. The molecule has 2 rings (SSSR count). The minimum absolute atomic E-state index is 0.566. The van der Waals surface area contributed by atoms with Gasteiger partial charge in [0.25, 0.3) is 0 Å². The van der Waals surface area contributed by atoms with Crippen molar-refractivity contribution in [1.29, 1.82) is 0 Å². The van der Waals surface area contributed by atoms with E-state index < -0.39 is 0 Å². The van der Waals surface area contributed by atoms with Crippen molar-refractivity contribution in [3.8, 4) is 0 Å². The van der Waals surface area contributed by atoms with Crippen LogP contribution in [0.15, 0.2) is 0 Å². The van der Waals surface area contributed by atoms with Crippen molar-refractivity contribution >= 4 is 0 Å². The van der Waals surface area contributed by atoms with Crippen molar-refractivity contribution in [2.75, 3.05) is 7.05 Å². The van der Waals surface area contributed by atoms with Crippen LogP contribution in [0, 0.1) is 0 Å². The molecule has 0 saturated carbocycles. The number of nitrogens with one attached hydrogen (secondary N) is 1. The van der Waals surface area contributed by atoms with Crippen molar-refractivity contribution in [3.05, 3.63) is 0 Å². The Morgan fingerprint density at radius 1 is 1.25 bits per heavy atom. The molecule has 0 aromatic carbocycles. The van der Waals surface area contributed by atoms with Crippen molar-refractivity contribution in [3.63, 3.8) is 0 Å².